The summed E-state index contributed by atoms with van der Waals surface area (Å²) in [7, 11) is 2.05. The number of rotatable bonds is 7. The molecule has 0 spiro atoms. The van der Waals surface area contributed by atoms with Gasteiger partial charge in [-0.25, -0.2) is 4.98 Å². The summed E-state index contributed by atoms with van der Waals surface area (Å²) in [5.41, 5.74) is 2.34. The number of aryl methyl sites for hydroxylation is 3. The van der Waals surface area contributed by atoms with Crippen LogP contribution in [0.4, 0.5) is 0 Å². The molecule has 1 atom stereocenters. The number of nitrogens with one attached hydrogen (secondary N) is 1. The zero-order valence-electron chi connectivity index (χ0n) is 12.9. The van der Waals surface area contributed by atoms with Gasteiger partial charge in [0.05, 0.1) is 11.7 Å². The van der Waals surface area contributed by atoms with E-state index in [0.717, 1.165) is 37.4 Å². The molecule has 0 saturated heterocycles. The average Bonchev–Trinajstić information content (AvgIpc) is 3.00. The van der Waals surface area contributed by atoms with Crippen LogP contribution in [-0.4, -0.2) is 25.9 Å². The van der Waals surface area contributed by atoms with Crippen LogP contribution in [0.1, 0.15) is 43.5 Å². The predicted molar refractivity (Wildman–Crippen MR) is 80.6 cm³/mol. The van der Waals surface area contributed by atoms with Gasteiger partial charge in [-0.1, -0.05) is 6.92 Å². The first kappa shape index (κ1) is 14.8. The highest BCUT2D eigenvalue weighted by atomic mass is 15.3. The molecule has 0 fully saturated rings. The molecule has 0 aliphatic carbocycles. The van der Waals surface area contributed by atoms with Crippen LogP contribution >= 0.6 is 0 Å². The van der Waals surface area contributed by atoms with Gasteiger partial charge in [0.1, 0.15) is 5.82 Å². The third-order valence-electron chi connectivity index (χ3n) is 3.51. The Hall–Kier alpha value is -1.62. The summed E-state index contributed by atoms with van der Waals surface area (Å²) in [6.45, 7) is 8.26. The highest BCUT2D eigenvalue weighted by Gasteiger charge is 2.18. The van der Waals surface area contributed by atoms with Crippen LogP contribution in [0.3, 0.4) is 0 Å². The van der Waals surface area contributed by atoms with E-state index in [-0.39, 0.29) is 6.04 Å². The second kappa shape index (κ2) is 6.70. The summed E-state index contributed by atoms with van der Waals surface area (Å²) in [6, 6.07) is 2.41. The second-order valence-electron chi connectivity index (χ2n) is 5.20. The van der Waals surface area contributed by atoms with E-state index in [2.05, 4.69) is 44.6 Å². The summed E-state index contributed by atoms with van der Waals surface area (Å²) in [4.78, 5) is 4.50. The molecule has 2 heterocycles. The molecule has 0 saturated carbocycles. The smallest absolute Gasteiger partial charge is 0.125 e. The van der Waals surface area contributed by atoms with E-state index in [1.165, 1.54) is 5.69 Å². The monoisotopic (exact) mass is 275 g/mol. The topological polar surface area (TPSA) is 47.7 Å². The molecular formula is C15H25N5. The summed E-state index contributed by atoms with van der Waals surface area (Å²) < 4.78 is 4.17. The molecular weight excluding hydrogens is 250 g/mol. The Morgan fingerprint density at radius 3 is 2.75 bits per heavy atom. The van der Waals surface area contributed by atoms with E-state index in [0.29, 0.717) is 0 Å². The molecule has 0 amide bonds. The second-order valence-corrected chi connectivity index (χ2v) is 5.20. The van der Waals surface area contributed by atoms with Gasteiger partial charge in [0.25, 0.3) is 0 Å². The fourth-order valence-corrected chi connectivity index (χ4v) is 2.53. The first-order valence-electron chi connectivity index (χ1n) is 7.39. The highest BCUT2D eigenvalue weighted by molar-refractivity contribution is 5.13. The number of nitrogens with zero attached hydrogens (tertiary/aromatic N) is 4. The van der Waals surface area contributed by atoms with Gasteiger partial charge >= 0.3 is 0 Å². The van der Waals surface area contributed by atoms with Gasteiger partial charge in [0, 0.05) is 38.1 Å². The largest absolute Gasteiger partial charge is 0.337 e. The van der Waals surface area contributed by atoms with Gasteiger partial charge in [0.2, 0.25) is 0 Å². The molecule has 0 bridgehead atoms. The van der Waals surface area contributed by atoms with Crippen LogP contribution < -0.4 is 5.32 Å². The highest BCUT2D eigenvalue weighted by Crippen LogP contribution is 2.17. The van der Waals surface area contributed by atoms with Crippen LogP contribution in [-0.2, 0) is 20.0 Å². The van der Waals surface area contributed by atoms with Gasteiger partial charge in [-0.05, 0) is 32.9 Å². The summed E-state index contributed by atoms with van der Waals surface area (Å²) in [5, 5.41) is 8.13. The Morgan fingerprint density at radius 1 is 1.35 bits per heavy atom. The molecule has 110 valence electrons. The molecule has 1 N–H and O–H groups in total. The number of hydrogen-bond donors (Lipinski definition) is 1. The maximum absolute atomic E-state index is 4.53. The molecule has 0 aliphatic heterocycles. The van der Waals surface area contributed by atoms with Crippen molar-refractivity contribution in [2.24, 2.45) is 7.05 Å². The van der Waals surface area contributed by atoms with Gasteiger partial charge in [-0.3, -0.25) is 4.68 Å². The van der Waals surface area contributed by atoms with Crippen molar-refractivity contribution >= 4 is 0 Å². The number of aromatic nitrogens is 4. The van der Waals surface area contributed by atoms with Crippen LogP contribution in [0.15, 0.2) is 18.5 Å². The Kier molecular flexibility index (Phi) is 4.95. The van der Waals surface area contributed by atoms with Crippen molar-refractivity contribution in [3.63, 3.8) is 0 Å². The first-order valence-corrected chi connectivity index (χ1v) is 7.39. The minimum absolute atomic E-state index is 0.233. The summed E-state index contributed by atoms with van der Waals surface area (Å²) in [6.07, 6.45) is 5.89. The SMILES string of the molecule is CCCNC(Cc1cc(C)nn1CC)c1nccn1C. The van der Waals surface area contributed by atoms with E-state index in [1.54, 1.807) is 0 Å². The third kappa shape index (κ3) is 3.28. The molecule has 2 aromatic rings. The lowest BCUT2D eigenvalue weighted by molar-refractivity contribution is 0.472. The molecule has 0 aromatic carbocycles. The maximum atomic E-state index is 4.53. The minimum atomic E-state index is 0.233. The summed E-state index contributed by atoms with van der Waals surface area (Å²) in [5.74, 6) is 1.08. The molecule has 20 heavy (non-hydrogen) atoms. The lowest BCUT2D eigenvalue weighted by Gasteiger charge is -2.18. The molecule has 2 aromatic heterocycles. The Balaban J connectivity index is 2.21. The number of hydrogen-bond acceptors (Lipinski definition) is 3. The van der Waals surface area contributed by atoms with Crippen LogP contribution in [0, 0.1) is 6.92 Å². The van der Waals surface area contributed by atoms with Crippen molar-refractivity contribution in [3.8, 4) is 0 Å². The third-order valence-corrected chi connectivity index (χ3v) is 3.51. The van der Waals surface area contributed by atoms with E-state index < -0.39 is 0 Å². The van der Waals surface area contributed by atoms with Gasteiger partial charge in [-0.2, -0.15) is 5.10 Å². The summed E-state index contributed by atoms with van der Waals surface area (Å²) >= 11 is 0. The molecule has 2 rings (SSSR count). The van der Waals surface area contributed by atoms with Gasteiger partial charge in [0.15, 0.2) is 0 Å². The standard InChI is InChI=1S/C15H25N5/c1-5-7-16-14(15-17-8-9-19(15)4)11-13-10-12(3)18-20(13)6-2/h8-10,14,16H,5-7,11H2,1-4H3. The lowest BCUT2D eigenvalue weighted by atomic mass is 10.1. The lowest BCUT2D eigenvalue weighted by Crippen LogP contribution is -2.27. The van der Waals surface area contributed by atoms with Crippen molar-refractivity contribution in [1.29, 1.82) is 0 Å². The normalized spacial score (nSPS) is 12.8. The zero-order valence-corrected chi connectivity index (χ0v) is 12.9. The van der Waals surface area contributed by atoms with Crippen LogP contribution in [0.2, 0.25) is 0 Å². The molecule has 5 heteroatoms. The maximum Gasteiger partial charge on any atom is 0.125 e. The Morgan fingerprint density at radius 2 is 2.15 bits per heavy atom. The van der Waals surface area contributed by atoms with Crippen LogP contribution in [0.25, 0.3) is 0 Å². The van der Waals surface area contributed by atoms with E-state index in [9.17, 15) is 0 Å². The van der Waals surface area contributed by atoms with E-state index in [1.807, 2.05) is 26.4 Å². The van der Waals surface area contributed by atoms with Crippen molar-refractivity contribution in [2.45, 2.75) is 46.2 Å². The zero-order chi connectivity index (χ0) is 14.5. The van der Waals surface area contributed by atoms with Crippen LogP contribution in [0.5, 0.6) is 0 Å². The van der Waals surface area contributed by atoms with E-state index in [4.69, 9.17) is 0 Å². The average molecular weight is 275 g/mol. The van der Waals surface area contributed by atoms with Crippen molar-refractivity contribution < 1.29 is 0 Å². The van der Waals surface area contributed by atoms with Gasteiger partial charge in [-0.15, -0.1) is 0 Å². The number of imidazole rings is 1. The van der Waals surface area contributed by atoms with Gasteiger partial charge < -0.3 is 9.88 Å². The predicted octanol–water partition coefficient (Wildman–Crippen LogP) is 2.23. The minimum Gasteiger partial charge on any atom is -0.337 e. The fourth-order valence-electron chi connectivity index (χ4n) is 2.53. The van der Waals surface area contributed by atoms with Crippen molar-refractivity contribution in [2.75, 3.05) is 6.54 Å². The molecule has 0 radical (unpaired) electrons. The Bertz CT molecular complexity index is 540. The fraction of sp³-hybridized carbons (Fsp3) is 0.600. The molecule has 0 aliphatic rings. The first-order chi connectivity index (χ1) is 9.65. The van der Waals surface area contributed by atoms with E-state index >= 15 is 0 Å². The quantitative estimate of drug-likeness (QED) is 0.843. The van der Waals surface area contributed by atoms with Crippen molar-refractivity contribution in [3.05, 3.63) is 35.7 Å². The Labute approximate surface area is 121 Å². The molecule has 5 nitrogen and oxygen atoms in total. The molecule has 1 unspecified atom stereocenters. The van der Waals surface area contributed by atoms with Crippen molar-refractivity contribution in [1.82, 2.24) is 24.6 Å².